The van der Waals surface area contributed by atoms with Crippen molar-refractivity contribution in [2.45, 2.75) is 25.3 Å². The summed E-state index contributed by atoms with van der Waals surface area (Å²) >= 11 is 0. The number of phenolic OH excluding ortho intramolecular Hbond substituents is 1. The van der Waals surface area contributed by atoms with Gasteiger partial charge in [-0.2, -0.15) is 0 Å². The van der Waals surface area contributed by atoms with Crippen molar-refractivity contribution in [2.24, 2.45) is 11.7 Å². The Balaban J connectivity index is 1.74. The first-order valence-corrected chi connectivity index (χ1v) is 6.37. The third kappa shape index (κ3) is 1.77. The number of hydrogen-bond donors (Lipinski definition) is 2. The second kappa shape index (κ2) is 3.72. The van der Waals surface area contributed by atoms with Gasteiger partial charge in [0.25, 0.3) is 5.91 Å². The smallest absolute Gasteiger partial charge is 0.257 e. The number of nitrogens with two attached hydrogens (primary N) is 1. The first-order chi connectivity index (χ1) is 8.49. The molecule has 96 valence electrons. The normalized spacial score (nSPS) is 21.6. The zero-order valence-electron chi connectivity index (χ0n) is 10.5. The molecule has 0 unspecified atom stereocenters. The van der Waals surface area contributed by atoms with Crippen LogP contribution in [0.25, 0.3) is 0 Å². The van der Waals surface area contributed by atoms with Gasteiger partial charge in [0.1, 0.15) is 5.75 Å². The Morgan fingerprint density at radius 1 is 1.44 bits per heavy atom. The Bertz CT molecular complexity index is 503. The van der Waals surface area contributed by atoms with Crippen molar-refractivity contribution in [3.8, 4) is 5.75 Å². The SMILES string of the molecule is Cc1ccc(O)c(C(=O)N2CC(N)(C3CC3)C2)c1. The van der Waals surface area contributed by atoms with Crippen LogP contribution in [0.4, 0.5) is 0 Å². The molecule has 4 heteroatoms. The molecule has 1 aromatic rings. The molecule has 1 saturated heterocycles. The Kier molecular flexibility index (Phi) is 2.38. The molecular formula is C14H18N2O2. The summed E-state index contributed by atoms with van der Waals surface area (Å²) in [5.74, 6) is 0.525. The van der Waals surface area contributed by atoms with E-state index in [1.165, 1.54) is 12.8 Å². The first kappa shape index (κ1) is 11.5. The largest absolute Gasteiger partial charge is 0.507 e. The number of benzene rings is 1. The molecule has 4 nitrogen and oxygen atoms in total. The number of phenols is 1. The van der Waals surface area contributed by atoms with E-state index in [9.17, 15) is 9.90 Å². The van der Waals surface area contributed by atoms with Gasteiger partial charge in [-0.1, -0.05) is 11.6 Å². The third-order valence-corrected chi connectivity index (χ3v) is 4.03. The number of amides is 1. The maximum absolute atomic E-state index is 12.2. The summed E-state index contributed by atoms with van der Waals surface area (Å²) in [6, 6.07) is 5.09. The predicted molar refractivity (Wildman–Crippen MR) is 68.4 cm³/mol. The minimum Gasteiger partial charge on any atom is -0.507 e. The van der Waals surface area contributed by atoms with Gasteiger partial charge in [-0.3, -0.25) is 4.79 Å². The van der Waals surface area contributed by atoms with Gasteiger partial charge >= 0.3 is 0 Å². The van der Waals surface area contributed by atoms with Crippen molar-refractivity contribution in [3.63, 3.8) is 0 Å². The molecule has 0 atom stereocenters. The average molecular weight is 246 g/mol. The summed E-state index contributed by atoms with van der Waals surface area (Å²) in [6.45, 7) is 3.14. The molecule has 3 N–H and O–H groups in total. The molecule has 2 aliphatic rings. The van der Waals surface area contributed by atoms with Crippen LogP contribution in [0, 0.1) is 12.8 Å². The molecule has 0 radical (unpaired) electrons. The van der Waals surface area contributed by atoms with E-state index in [0.29, 0.717) is 24.6 Å². The number of carbonyl (C=O) groups is 1. The minimum absolute atomic E-state index is 0.0477. The molecule has 0 spiro atoms. The van der Waals surface area contributed by atoms with Crippen LogP contribution in [0.15, 0.2) is 18.2 Å². The Morgan fingerprint density at radius 2 is 2.11 bits per heavy atom. The number of likely N-dealkylation sites (tertiary alicyclic amines) is 1. The highest BCUT2D eigenvalue weighted by molar-refractivity contribution is 5.97. The van der Waals surface area contributed by atoms with Gasteiger partial charge in [-0.05, 0) is 37.8 Å². The monoisotopic (exact) mass is 246 g/mol. The van der Waals surface area contributed by atoms with Gasteiger partial charge < -0.3 is 15.7 Å². The highest BCUT2D eigenvalue weighted by Crippen LogP contribution is 2.43. The van der Waals surface area contributed by atoms with Crippen LogP contribution in [0.2, 0.25) is 0 Å². The predicted octanol–water partition coefficient (Wildman–Crippen LogP) is 1.26. The molecule has 0 bridgehead atoms. The number of rotatable bonds is 2. The lowest BCUT2D eigenvalue weighted by Crippen LogP contribution is -2.69. The van der Waals surface area contributed by atoms with Crippen LogP contribution in [-0.4, -0.2) is 34.5 Å². The number of nitrogens with zero attached hydrogens (tertiary/aromatic N) is 1. The van der Waals surface area contributed by atoms with Crippen molar-refractivity contribution in [1.29, 1.82) is 0 Å². The van der Waals surface area contributed by atoms with Gasteiger partial charge in [0.2, 0.25) is 0 Å². The molecule has 1 amide bonds. The van der Waals surface area contributed by atoms with Crippen LogP contribution in [-0.2, 0) is 0 Å². The van der Waals surface area contributed by atoms with Gasteiger partial charge in [0.05, 0.1) is 11.1 Å². The van der Waals surface area contributed by atoms with E-state index in [2.05, 4.69) is 0 Å². The minimum atomic E-state index is -0.172. The van der Waals surface area contributed by atoms with E-state index in [1.54, 1.807) is 23.1 Å². The fourth-order valence-corrected chi connectivity index (χ4v) is 2.72. The van der Waals surface area contributed by atoms with Crippen LogP contribution in [0.1, 0.15) is 28.8 Å². The second-order valence-electron chi connectivity index (χ2n) is 5.69. The fraction of sp³-hybridized carbons (Fsp3) is 0.500. The Morgan fingerprint density at radius 3 is 2.72 bits per heavy atom. The molecule has 1 aliphatic carbocycles. The highest BCUT2D eigenvalue weighted by atomic mass is 16.3. The lowest BCUT2D eigenvalue weighted by molar-refractivity contribution is 0.0348. The summed E-state index contributed by atoms with van der Waals surface area (Å²) in [4.78, 5) is 14.0. The van der Waals surface area contributed by atoms with E-state index in [1.807, 2.05) is 6.92 Å². The highest BCUT2D eigenvalue weighted by Gasteiger charge is 2.51. The number of hydrogen-bond acceptors (Lipinski definition) is 3. The first-order valence-electron chi connectivity index (χ1n) is 6.37. The fourth-order valence-electron chi connectivity index (χ4n) is 2.72. The summed E-state index contributed by atoms with van der Waals surface area (Å²) in [5, 5.41) is 9.75. The van der Waals surface area contributed by atoms with Crippen molar-refractivity contribution < 1.29 is 9.90 Å². The van der Waals surface area contributed by atoms with Crippen LogP contribution >= 0.6 is 0 Å². The van der Waals surface area contributed by atoms with Crippen molar-refractivity contribution in [3.05, 3.63) is 29.3 Å². The third-order valence-electron chi connectivity index (χ3n) is 4.03. The van der Waals surface area contributed by atoms with Gasteiger partial charge in [-0.15, -0.1) is 0 Å². The van der Waals surface area contributed by atoms with E-state index >= 15 is 0 Å². The van der Waals surface area contributed by atoms with E-state index in [-0.39, 0.29) is 17.2 Å². The molecule has 1 saturated carbocycles. The van der Waals surface area contributed by atoms with Crippen LogP contribution in [0.3, 0.4) is 0 Å². The zero-order chi connectivity index (χ0) is 12.9. The lowest BCUT2D eigenvalue weighted by Gasteiger charge is -2.48. The molecular weight excluding hydrogens is 228 g/mol. The van der Waals surface area contributed by atoms with E-state index in [0.717, 1.165) is 5.56 Å². The van der Waals surface area contributed by atoms with Gasteiger partial charge in [0.15, 0.2) is 0 Å². The maximum atomic E-state index is 12.2. The number of carbonyl (C=O) groups excluding carboxylic acids is 1. The average Bonchev–Trinajstić information content (AvgIpc) is 3.11. The lowest BCUT2D eigenvalue weighted by atomic mass is 9.85. The quantitative estimate of drug-likeness (QED) is 0.825. The summed E-state index contributed by atoms with van der Waals surface area (Å²) < 4.78 is 0. The molecule has 3 rings (SSSR count). The molecule has 1 aromatic carbocycles. The van der Waals surface area contributed by atoms with E-state index < -0.39 is 0 Å². The molecule has 1 heterocycles. The second-order valence-corrected chi connectivity index (χ2v) is 5.69. The van der Waals surface area contributed by atoms with Crippen LogP contribution < -0.4 is 5.73 Å². The molecule has 2 fully saturated rings. The van der Waals surface area contributed by atoms with Crippen molar-refractivity contribution in [2.75, 3.05) is 13.1 Å². The summed E-state index contributed by atoms with van der Waals surface area (Å²) in [7, 11) is 0. The Hall–Kier alpha value is -1.55. The number of aryl methyl sites for hydroxylation is 1. The standard InChI is InChI=1S/C14H18N2O2/c1-9-2-5-12(17)11(6-9)13(18)16-7-14(15,8-16)10-3-4-10/h2,5-6,10,17H,3-4,7-8,15H2,1H3. The van der Waals surface area contributed by atoms with Crippen molar-refractivity contribution >= 4 is 5.91 Å². The molecule has 0 aromatic heterocycles. The van der Waals surface area contributed by atoms with E-state index in [4.69, 9.17) is 5.73 Å². The van der Waals surface area contributed by atoms with Gasteiger partial charge in [-0.25, -0.2) is 0 Å². The molecule has 18 heavy (non-hydrogen) atoms. The maximum Gasteiger partial charge on any atom is 0.257 e. The summed E-state index contributed by atoms with van der Waals surface area (Å²) in [6.07, 6.45) is 2.38. The molecule has 1 aliphatic heterocycles. The van der Waals surface area contributed by atoms with Crippen molar-refractivity contribution in [1.82, 2.24) is 4.90 Å². The number of aromatic hydroxyl groups is 1. The van der Waals surface area contributed by atoms with Crippen LogP contribution in [0.5, 0.6) is 5.75 Å². The van der Waals surface area contributed by atoms with Gasteiger partial charge in [0, 0.05) is 13.1 Å². The summed E-state index contributed by atoms with van der Waals surface area (Å²) in [5.41, 5.74) is 7.41. The Labute approximate surface area is 106 Å². The topological polar surface area (TPSA) is 66.6 Å². The zero-order valence-corrected chi connectivity index (χ0v) is 10.5.